The van der Waals surface area contributed by atoms with E-state index >= 15 is 0 Å². The zero-order chi connectivity index (χ0) is 15.6. The second kappa shape index (κ2) is 5.65. The Morgan fingerprint density at radius 3 is 2.67 bits per heavy atom. The second-order valence-electron chi connectivity index (χ2n) is 5.96. The molecule has 0 radical (unpaired) electrons. The zero-order valence-corrected chi connectivity index (χ0v) is 13.2. The van der Waals surface area contributed by atoms with E-state index in [1.54, 1.807) is 6.92 Å². The van der Waals surface area contributed by atoms with Gasteiger partial charge in [-0.2, -0.15) is 0 Å². The van der Waals surface area contributed by atoms with Gasteiger partial charge in [0.15, 0.2) is 0 Å². The highest BCUT2D eigenvalue weighted by atomic mass is 16.5. The molecular weight excluding hydrogens is 264 g/mol. The van der Waals surface area contributed by atoms with E-state index in [0.717, 1.165) is 16.5 Å². The number of benzene rings is 1. The molecule has 21 heavy (non-hydrogen) atoms. The summed E-state index contributed by atoms with van der Waals surface area (Å²) in [4.78, 5) is 11.9. The van der Waals surface area contributed by atoms with E-state index in [1.807, 2.05) is 25.1 Å². The smallest absolute Gasteiger partial charge is 0.374 e. The first-order chi connectivity index (χ1) is 9.83. The number of furan rings is 1. The maximum Gasteiger partial charge on any atom is 0.374 e. The molecule has 3 nitrogen and oxygen atoms in total. The van der Waals surface area contributed by atoms with Crippen LogP contribution in [0.1, 0.15) is 49.4 Å². The van der Waals surface area contributed by atoms with Gasteiger partial charge in [0, 0.05) is 21.9 Å². The fourth-order valence-electron chi connectivity index (χ4n) is 2.05. The third-order valence-electron chi connectivity index (χ3n) is 2.99. The number of esters is 1. The summed E-state index contributed by atoms with van der Waals surface area (Å²) in [5, 5.41) is 0.886. The lowest BCUT2D eigenvalue weighted by Gasteiger charge is -2.07. The Hall–Kier alpha value is -2.21. The van der Waals surface area contributed by atoms with Gasteiger partial charge in [0.2, 0.25) is 5.76 Å². The first-order valence-electron chi connectivity index (χ1n) is 7.06. The molecule has 0 amide bonds. The summed E-state index contributed by atoms with van der Waals surface area (Å²) in [7, 11) is 0. The van der Waals surface area contributed by atoms with Crippen molar-refractivity contribution in [2.75, 3.05) is 6.61 Å². The summed E-state index contributed by atoms with van der Waals surface area (Å²) in [6, 6.07) is 5.67. The van der Waals surface area contributed by atoms with Crippen LogP contribution >= 0.6 is 0 Å². The minimum atomic E-state index is -0.430. The van der Waals surface area contributed by atoms with Gasteiger partial charge in [-0.3, -0.25) is 0 Å². The topological polar surface area (TPSA) is 39.4 Å². The van der Waals surface area contributed by atoms with Crippen molar-refractivity contribution < 1.29 is 13.9 Å². The molecule has 0 aliphatic heterocycles. The number of carbonyl (C=O) groups excluding carboxylic acids is 1. The lowest BCUT2D eigenvalue weighted by atomic mass is 9.96. The molecular formula is C18H20O3. The second-order valence-corrected chi connectivity index (χ2v) is 5.96. The monoisotopic (exact) mass is 284 g/mol. The van der Waals surface area contributed by atoms with E-state index in [-0.39, 0.29) is 11.2 Å². The van der Waals surface area contributed by atoms with E-state index in [9.17, 15) is 4.79 Å². The third-order valence-corrected chi connectivity index (χ3v) is 2.99. The van der Waals surface area contributed by atoms with Crippen molar-refractivity contribution in [3.05, 3.63) is 35.1 Å². The standard InChI is InChI=1S/C18H20O3/c1-6-20-17(19)16-12(2)15-13(10-11-18(3,4)5)8-7-9-14(15)21-16/h7-9H,6H2,1-5H3. The first kappa shape index (κ1) is 15.2. The predicted molar refractivity (Wildman–Crippen MR) is 83.2 cm³/mol. The van der Waals surface area contributed by atoms with E-state index < -0.39 is 5.97 Å². The molecule has 0 saturated heterocycles. The third kappa shape index (κ3) is 3.28. The number of rotatable bonds is 2. The fraction of sp³-hybridized carbons (Fsp3) is 0.389. The van der Waals surface area contributed by atoms with E-state index in [1.165, 1.54) is 0 Å². The lowest BCUT2D eigenvalue weighted by molar-refractivity contribution is 0.0491. The molecule has 0 fully saturated rings. The van der Waals surface area contributed by atoms with Crippen molar-refractivity contribution in [3.8, 4) is 11.8 Å². The van der Waals surface area contributed by atoms with E-state index in [0.29, 0.717) is 12.2 Å². The zero-order valence-electron chi connectivity index (χ0n) is 13.2. The van der Waals surface area contributed by atoms with Crippen LogP contribution in [-0.4, -0.2) is 12.6 Å². The van der Waals surface area contributed by atoms with Crippen molar-refractivity contribution in [1.29, 1.82) is 0 Å². The quantitative estimate of drug-likeness (QED) is 0.609. The highest BCUT2D eigenvalue weighted by Crippen LogP contribution is 2.28. The molecule has 0 saturated carbocycles. The Kier molecular flexibility index (Phi) is 4.09. The molecule has 0 unspecified atom stereocenters. The molecule has 1 aromatic heterocycles. The van der Waals surface area contributed by atoms with E-state index in [2.05, 4.69) is 32.6 Å². The molecule has 2 aromatic rings. The van der Waals surface area contributed by atoms with Crippen LogP contribution in [0.15, 0.2) is 22.6 Å². The fourth-order valence-corrected chi connectivity index (χ4v) is 2.05. The number of ether oxygens (including phenoxy) is 1. The van der Waals surface area contributed by atoms with Crippen LogP contribution < -0.4 is 0 Å². The van der Waals surface area contributed by atoms with Crippen molar-refractivity contribution in [2.24, 2.45) is 5.41 Å². The Labute approximate surface area is 125 Å². The molecule has 0 atom stereocenters. The summed E-state index contributed by atoms with van der Waals surface area (Å²) < 4.78 is 10.7. The maximum absolute atomic E-state index is 11.9. The molecule has 110 valence electrons. The number of aryl methyl sites for hydroxylation is 1. The molecule has 1 heterocycles. The number of fused-ring (bicyclic) bond motifs is 1. The predicted octanol–water partition coefficient (Wildman–Crippen LogP) is 4.32. The molecule has 2 rings (SSSR count). The van der Waals surface area contributed by atoms with Crippen LogP contribution in [0.5, 0.6) is 0 Å². The van der Waals surface area contributed by atoms with Crippen LogP contribution in [0.4, 0.5) is 0 Å². The van der Waals surface area contributed by atoms with Crippen LogP contribution in [-0.2, 0) is 4.74 Å². The van der Waals surface area contributed by atoms with Gasteiger partial charge in [-0.25, -0.2) is 4.79 Å². The molecule has 0 bridgehead atoms. The van der Waals surface area contributed by atoms with Crippen LogP contribution in [0.3, 0.4) is 0 Å². The molecule has 0 aliphatic carbocycles. The summed E-state index contributed by atoms with van der Waals surface area (Å²) in [5.74, 6) is 6.24. The largest absolute Gasteiger partial charge is 0.460 e. The van der Waals surface area contributed by atoms with Gasteiger partial charge in [-0.1, -0.05) is 17.9 Å². The van der Waals surface area contributed by atoms with Gasteiger partial charge in [0.25, 0.3) is 0 Å². The van der Waals surface area contributed by atoms with Crippen LogP contribution in [0, 0.1) is 24.2 Å². The Morgan fingerprint density at radius 1 is 1.33 bits per heavy atom. The Balaban J connectivity index is 2.59. The average molecular weight is 284 g/mol. The summed E-state index contributed by atoms with van der Waals surface area (Å²) in [6.45, 7) is 10.1. The number of hydrogen-bond donors (Lipinski definition) is 0. The van der Waals surface area contributed by atoms with Crippen LogP contribution in [0.25, 0.3) is 11.0 Å². The number of carbonyl (C=O) groups is 1. The SMILES string of the molecule is CCOC(=O)c1oc2cccc(C#CC(C)(C)C)c2c1C. The van der Waals surface area contributed by atoms with E-state index in [4.69, 9.17) is 9.15 Å². The molecule has 3 heteroatoms. The summed E-state index contributed by atoms with van der Waals surface area (Å²) in [5.41, 5.74) is 2.24. The average Bonchev–Trinajstić information content (AvgIpc) is 2.74. The van der Waals surface area contributed by atoms with Gasteiger partial charge in [-0.05, 0) is 46.8 Å². The molecule has 0 aliphatic rings. The normalized spacial score (nSPS) is 11.1. The Morgan fingerprint density at radius 2 is 2.05 bits per heavy atom. The van der Waals surface area contributed by atoms with Gasteiger partial charge >= 0.3 is 5.97 Å². The maximum atomic E-state index is 11.9. The minimum absolute atomic E-state index is 0.0796. The van der Waals surface area contributed by atoms with Crippen molar-refractivity contribution >= 4 is 16.9 Å². The Bertz CT molecular complexity index is 733. The highest BCUT2D eigenvalue weighted by Gasteiger charge is 2.20. The molecule has 0 N–H and O–H groups in total. The molecule has 1 aromatic carbocycles. The highest BCUT2D eigenvalue weighted by molar-refractivity contribution is 5.98. The lowest BCUT2D eigenvalue weighted by Crippen LogP contribution is -2.04. The summed E-state index contributed by atoms with van der Waals surface area (Å²) >= 11 is 0. The molecule has 0 spiro atoms. The van der Waals surface area contributed by atoms with Crippen LogP contribution in [0.2, 0.25) is 0 Å². The summed E-state index contributed by atoms with van der Waals surface area (Å²) in [6.07, 6.45) is 0. The van der Waals surface area contributed by atoms with Crippen molar-refractivity contribution in [3.63, 3.8) is 0 Å². The minimum Gasteiger partial charge on any atom is -0.460 e. The van der Waals surface area contributed by atoms with Gasteiger partial charge < -0.3 is 9.15 Å². The van der Waals surface area contributed by atoms with Gasteiger partial charge in [0.1, 0.15) is 5.58 Å². The van der Waals surface area contributed by atoms with Gasteiger partial charge in [-0.15, -0.1) is 0 Å². The van der Waals surface area contributed by atoms with Crippen molar-refractivity contribution in [1.82, 2.24) is 0 Å². The first-order valence-corrected chi connectivity index (χ1v) is 7.06. The number of hydrogen-bond acceptors (Lipinski definition) is 3. The van der Waals surface area contributed by atoms with Gasteiger partial charge in [0.05, 0.1) is 6.61 Å². The van der Waals surface area contributed by atoms with Crippen molar-refractivity contribution in [2.45, 2.75) is 34.6 Å².